The smallest absolute Gasteiger partial charge is 0.372 e. The predicted molar refractivity (Wildman–Crippen MR) is 156 cm³/mol. The Morgan fingerprint density at radius 1 is 1.05 bits per heavy atom. The first-order valence-electron chi connectivity index (χ1n) is 15.6. The fourth-order valence-corrected chi connectivity index (χ4v) is 9.00. The molecule has 42 heavy (non-hydrogen) atoms. The molecule has 0 radical (unpaired) electrons. The molecule has 0 amide bonds. The number of piperidine rings is 1. The van der Waals surface area contributed by atoms with Crippen molar-refractivity contribution in [3.8, 4) is 11.8 Å². The number of carbonyl (C=O) groups excluding carboxylic acids is 2. The van der Waals surface area contributed by atoms with Gasteiger partial charge in [-0.1, -0.05) is 30.6 Å². The summed E-state index contributed by atoms with van der Waals surface area (Å²) in [6.07, 6.45) is 6.91. The fourth-order valence-electron chi connectivity index (χ4n) is 9.00. The number of anilines is 1. The number of hydrogen-bond donors (Lipinski definition) is 0. The lowest BCUT2D eigenvalue weighted by Crippen LogP contribution is -2.45. The van der Waals surface area contributed by atoms with Gasteiger partial charge in [-0.2, -0.15) is 13.2 Å². The molecule has 2 saturated carbocycles. The Morgan fingerprint density at radius 3 is 2.55 bits per heavy atom. The Morgan fingerprint density at radius 2 is 1.81 bits per heavy atom. The largest absolute Gasteiger partial charge is 0.457 e. The molecule has 1 aromatic rings. The number of carbonyl (C=O) groups is 2. The third-order valence-corrected chi connectivity index (χ3v) is 10.8. The number of rotatable bonds is 6. The summed E-state index contributed by atoms with van der Waals surface area (Å²) in [4.78, 5) is 28.3. The molecule has 3 fully saturated rings. The molecule has 4 nitrogen and oxygen atoms in total. The van der Waals surface area contributed by atoms with Crippen molar-refractivity contribution in [2.45, 2.75) is 83.2 Å². The molecule has 7 heteroatoms. The topological polar surface area (TPSA) is 46.6 Å². The van der Waals surface area contributed by atoms with Crippen LogP contribution in [0, 0.1) is 35.0 Å². The van der Waals surface area contributed by atoms with Crippen LogP contribution in [0.1, 0.15) is 82.6 Å². The average molecular weight is 580 g/mol. The van der Waals surface area contributed by atoms with Crippen LogP contribution in [0.25, 0.3) is 0 Å². The van der Waals surface area contributed by atoms with Crippen molar-refractivity contribution in [1.29, 1.82) is 0 Å². The van der Waals surface area contributed by atoms with Crippen molar-refractivity contribution >= 4 is 17.3 Å². The first-order valence-corrected chi connectivity index (χ1v) is 15.6. The summed E-state index contributed by atoms with van der Waals surface area (Å²) in [6.45, 7) is 3.84. The van der Waals surface area contributed by atoms with E-state index in [1.807, 2.05) is 12.0 Å². The number of benzene rings is 1. The molecule has 0 unspecified atom stereocenters. The summed E-state index contributed by atoms with van der Waals surface area (Å²) >= 11 is 0. The molecular weight excluding hydrogens is 539 g/mol. The second-order valence-electron chi connectivity index (χ2n) is 13.1. The van der Waals surface area contributed by atoms with Gasteiger partial charge in [0, 0.05) is 43.0 Å². The molecule has 1 heterocycles. The number of allylic oxidation sites excluding steroid dienone is 4. The second-order valence-corrected chi connectivity index (χ2v) is 13.1. The first kappa shape index (κ1) is 29.2. The molecule has 1 saturated heterocycles. The number of ether oxygens (including phenoxy) is 1. The van der Waals surface area contributed by atoms with Crippen LogP contribution in [0.3, 0.4) is 0 Å². The number of Topliss-reactive ketones (excluding diaryl/α,β-unsaturated/α-hetero) is 1. The minimum Gasteiger partial charge on any atom is -0.372 e. The molecule has 5 aliphatic rings. The molecule has 6 rings (SSSR count). The average Bonchev–Trinajstić information content (AvgIpc) is 3.33. The highest BCUT2D eigenvalue weighted by Gasteiger charge is 2.58. The van der Waals surface area contributed by atoms with Crippen LogP contribution < -0.4 is 4.90 Å². The Labute approximate surface area is 246 Å². The van der Waals surface area contributed by atoms with Gasteiger partial charge in [-0.3, -0.25) is 9.59 Å². The van der Waals surface area contributed by atoms with Gasteiger partial charge in [0.2, 0.25) is 0 Å². The quantitative estimate of drug-likeness (QED) is 0.261. The third kappa shape index (κ3) is 5.72. The van der Waals surface area contributed by atoms with Gasteiger partial charge >= 0.3 is 6.18 Å². The highest BCUT2D eigenvalue weighted by molar-refractivity contribution is 5.93. The van der Waals surface area contributed by atoms with E-state index in [4.69, 9.17) is 4.74 Å². The van der Waals surface area contributed by atoms with Crippen molar-refractivity contribution in [2.75, 3.05) is 31.2 Å². The summed E-state index contributed by atoms with van der Waals surface area (Å²) < 4.78 is 42.4. The van der Waals surface area contributed by atoms with Crippen LogP contribution in [-0.2, 0) is 14.3 Å². The SMILES string of the molecule is C[C@]12C[C@H](c3ccc(N4CCCCC4)cc3)C3=C4CCC(=O)C=C4CC[C@H]3[C@@H]1CC[C@@H]2C(=O)COCC#CC(F)(F)F. The summed E-state index contributed by atoms with van der Waals surface area (Å²) in [5.41, 5.74) is 6.42. The second kappa shape index (κ2) is 11.7. The van der Waals surface area contributed by atoms with Crippen molar-refractivity contribution in [2.24, 2.45) is 23.2 Å². The van der Waals surface area contributed by atoms with Crippen molar-refractivity contribution in [3.63, 3.8) is 0 Å². The molecule has 5 atom stereocenters. The van der Waals surface area contributed by atoms with Gasteiger partial charge in [-0.25, -0.2) is 0 Å². The lowest BCUT2D eigenvalue weighted by Gasteiger charge is -2.52. The van der Waals surface area contributed by atoms with Crippen LogP contribution in [0.15, 0.2) is 47.1 Å². The van der Waals surface area contributed by atoms with Crippen molar-refractivity contribution in [1.82, 2.24) is 0 Å². The molecule has 4 aliphatic carbocycles. The van der Waals surface area contributed by atoms with Gasteiger partial charge in [0.25, 0.3) is 0 Å². The molecule has 224 valence electrons. The lowest BCUT2D eigenvalue weighted by molar-refractivity contribution is -0.131. The number of alkyl halides is 3. The van der Waals surface area contributed by atoms with Gasteiger partial charge in [0.1, 0.15) is 13.2 Å². The van der Waals surface area contributed by atoms with E-state index >= 15 is 0 Å². The molecule has 0 N–H and O–H groups in total. The fraction of sp³-hybridized carbons (Fsp3) is 0.600. The Balaban J connectivity index is 1.29. The zero-order chi connectivity index (χ0) is 29.5. The van der Waals surface area contributed by atoms with Gasteiger partial charge in [-0.15, -0.1) is 0 Å². The van der Waals surface area contributed by atoms with E-state index in [2.05, 4.69) is 36.1 Å². The Bertz CT molecular complexity index is 1340. The van der Waals surface area contributed by atoms with E-state index in [-0.39, 0.29) is 35.4 Å². The number of nitrogens with zero attached hydrogens (tertiary/aromatic N) is 1. The van der Waals surface area contributed by atoms with Crippen LogP contribution in [0.4, 0.5) is 18.9 Å². The van der Waals surface area contributed by atoms with E-state index in [1.165, 1.54) is 53.2 Å². The van der Waals surface area contributed by atoms with E-state index in [0.717, 1.165) is 51.6 Å². The van der Waals surface area contributed by atoms with Gasteiger partial charge in [0.05, 0.1) is 0 Å². The zero-order valence-electron chi connectivity index (χ0n) is 24.4. The summed E-state index contributed by atoms with van der Waals surface area (Å²) in [5.74, 6) is 4.09. The summed E-state index contributed by atoms with van der Waals surface area (Å²) in [6, 6.07) is 9.07. The van der Waals surface area contributed by atoms with E-state index < -0.39 is 12.8 Å². The van der Waals surface area contributed by atoms with Gasteiger partial charge in [-0.05, 0) is 110 Å². The molecule has 1 aromatic carbocycles. The minimum absolute atomic E-state index is 0.0243. The van der Waals surface area contributed by atoms with E-state index in [0.29, 0.717) is 18.3 Å². The van der Waals surface area contributed by atoms with Crippen molar-refractivity contribution < 1.29 is 27.5 Å². The molecular formula is C35H40F3NO3. The maximum atomic E-state index is 13.5. The molecule has 0 bridgehead atoms. The zero-order valence-corrected chi connectivity index (χ0v) is 24.4. The van der Waals surface area contributed by atoms with Crippen LogP contribution in [0.5, 0.6) is 0 Å². The molecule has 0 spiro atoms. The molecule has 1 aliphatic heterocycles. The predicted octanol–water partition coefficient (Wildman–Crippen LogP) is 7.34. The first-order chi connectivity index (χ1) is 20.1. The normalized spacial score (nSPS) is 31.0. The van der Waals surface area contributed by atoms with Gasteiger partial charge in [0.15, 0.2) is 11.6 Å². The number of ketones is 2. The maximum Gasteiger partial charge on any atom is 0.457 e. The third-order valence-electron chi connectivity index (χ3n) is 10.8. The standard InChI is InChI=1S/C35H40F3NO3/c1-34-21-29(23-6-9-25(10-7-23)39-17-3-2-4-18-39)33-27-13-11-26(40)20-24(27)8-12-28(33)30(34)14-15-31(34)32(41)22-42-19-5-16-35(36,37)38/h6-7,9-10,20,28-31H,2-4,8,11-15,17-19,21-22H2,1H3/t28-,29+,30-,31+,34-/m0/s1. The summed E-state index contributed by atoms with van der Waals surface area (Å²) in [5, 5.41) is 0. The highest BCUT2D eigenvalue weighted by Crippen LogP contribution is 2.65. The number of hydrogen-bond acceptors (Lipinski definition) is 4. The van der Waals surface area contributed by atoms with Crippen LogP contribution in [-0.4, -0.2) is 44.0 Å². The van der Waals surface area contributed by atoms with E-state index in [9.17, 15) is 22.8 Å². The lowest BCUT2D eigenvalue weighted by atomic mass is 9.51. The van der Waals surface area contributed by atoms with Gasteiger partial charge < -0.3 is 9.64 Å². The Kier molecular flexibility index (Phi) is 8.13. The highest BCUT2D eigenvalue weighted by atomic mass is 19.4. The van der Waals surface area contributed by atoms with Crippen LogP contribution >= 0.6 is 0 Å². The monoisotopic (exact) mass is 579 g/mol. The van der Waals surface area contributed by atoms with E-state index in [1.54, 1.807) is 0 Å². The molecule has 0 aromatic heterocycles. The van der Waals surface area contributed by atoms with Crippen molar-refractivity contribution in [3.05, 3.63) is 52.6 Å². The summed E-state index contributed by atoms with van der Waals surface area (Å²) in [7, 11) is 0. The number of halogens is 3. The Hall–Kier alpha value is -2.85. The minimum atomic E-state index is -4.56. The van der Waals surface area contributed by atoms with Crippen LogP contribution in [0.2, 0.25) is 0 Å². The number of fused-ring (bicyclic) bond motifs is 4. The maximum absolute atomic E-state index is 13.5.